The predicted molar refractivity (Wildman–Crippen MR) is 73.6 cm³/mol. The molecule has 3 nitrogen and oxygen atoms in total. The zero-order valence-electron chi connectivity index (χ0n) is 10.2. The molecule has 2 aromatic rings. The Hall–Kier alpha value is -1.13. The van der Waals surface area contributed by atoms with Crippen LogP contribution in [0.25, 0.3) is 10.2 Å². The third-order valence-electron chi connectivity index (χ3n) is 2.85. The van der Waals surface area contributed by atoms with Crippen LogP contribution < -0.4 is 5.32 Å². The summed E-state index contributed by atoms with van der Waals surface area (Å²) in [5, 5.41) is 13.4. The maximum atomic E-state index is 9.05. The lowest BCUT2D eigenvalue weighted by atomic mass is 10.0. The van der Waals surface area contributed by atoms with Gasteiger partial charge >= 0.3 is 0 Å². The van der Waals surface area contributed by atoms with Crippen molar-refractivity contribution in [3.8, 4) is 0 Å². The summed E-state index contributed by atoms with van der Waals surface area (Å²) < 4.78 is 1.20. The number of thiazole rings is 1. The Morgan fingerprint density at radius 1 is 1.35 bits per heavy atom. The van der Waals surface area contributed by atoms with Crippen molar-refractivity contribution in [1.82, 2.24) is 4.98 Å². The van der Waals surface area contributed by atoms with E-state index in [1.54, 1.807) is 11.3 Å². The fraction of sp³-hybridized carbons (Fsp3) is 0.462. The number of anilines is 1. The first-order valence-corrected chi connectivity index (χ1v) is 6.75. The molecular formula is C13H18N2OS. The molecular weight excluding hydrogens is 232 g/mol. The Labute approximate surface area is 106 Å². The van der Waals surface area contributed by atoms with Gasteiger partial charge in [-0.15, -0.1) is 0 Å². The quantitative estimate of drug-likeness (QED) is 0.857. The summed E-state index contributed by atoms with van der Waals surface area (Å²) in [4.78, 5) is 4.54. The summed E-state index contributed by atoms with van der Waals surface area (Å²) >= 11 is 1.67. The number of aliphatic hydroxyl groups excluding tert-OH is 1. The first-order chi connectivity index (χ1) is 8.20. The third kappa shape index (κ3) is 2.96. The Morgan fingerprint density at radius 3 is 2.76 bits per heavy atom. The number of fused-ring (bicyclic) bond motifs is 1. The minimum atomic E-state index is 0.209. The number of hydrogen-bond acceptors (Lipinski definition) is 4. The largest absolute Gasteiger partial charge is 0.396 e. The van der Waals surface area contributed by atoms with E-state index in [0.717, 1.165) is 17.1 Å². The highest BCUT2D eigenvalue weighted by molar-refractivity contribution is 7.22. The van der Waals surface area contributed by atoms with Gasteiger partial charge in [-0.1, -0.05) is 37.3 Å². The summed E-state index contributed by atoms with van der Waals surface area (Å²) in [5.74, 6) is 0.481. The number of aromatic nitrogens is 1. The highest BCUT2D eigenvalue weighted by Gasteiger charge is 2.14. The second-order valence-corrected chi connectivity index (χ2v) is 5.52. The molecule has 1 heterocycles. The SMILES string of the molecule is CC(C)C(CCO)Nc1nc2ccccc2s1. The van der Waals surface area contributed by atoms with Gasteiger partial charge < -0.3 is 10.4 Å². The average molecular weight is 250 g/mol. The van der Waals surface area contributed by atoms with Crippen LogP contribution in [0.1, 0.15) is 20.3 Å². The number of nitrogens with zero attached hydrogens (tertiary/aromatic N) is 1. The molecule has 17 heavy (non-hydrogen) atoms. The maximum Gasteiger partial charge on any atom is 0.184 e. The van der Waals surface area contributed by atoms with Crippen molar-refractivity contribution in [3.63, 3.8) is 0 Å². The summed E-state index contributed by atoms with van der Waals surface area (Å²) in [7, 11) is 0. The number of benzene rings is 1. The molecule has 0 fully saturated rings. The molecule has 0 aliphatic carbocycles. The molecule has 0 radical (unpaired) electrons. The van der Waals surface area contributed by atoms with Crippen LogP contribution >= 0.6 is 11.3 Å². The van der Waals surface area contributed by atoms with Gasteiger partial charge in [0.2, 0.25) is 0 Å². The normalized spacial score (nSPS) is 13.2. The molecule has 0 amide bonds. The van der Waals surface area contributed by atoms with Crippen LogP contribution in [0.3, 0.4) is 0 Å². The summed E-state index contributed by atoms with van der Waals surface area (Å²) in [6, 6.07) is 8.40. The van der Waals surface area contributed by atoms with Crippen molar-refractivity contribution in [1.29, 1.82) is 0 Å². The minimum Gasteiger partial charge on any atom is -0.396 e. The molecule has 4 heteroatoms. The highest BCUT2D eigenvalue weighted by Crippen LogP contribution is 2.27. The zero-order valence-corrected chi connectivity index (χ0v) is 11.0. The molecule has 2 rings (SSSR count). The van der Waals surface area contributed by atoms with Crippen molar-refractivity contribution >= 4 is 26.7 Å². The Morgan fingerprint density at radius 2 is 2.12 bits per heavy atom. The number of rotatable bonds is 5. The standard InChI is InChI=1S/C13H18N2OS/c1-9(2)10(7-8-16)14-13-15-11-5-3-4-6-12(11)17-13/h3-6,9-10,16H,7-8H2,1-2H3,(H,14,15). The van der Waals surface area contributed by atoms with Gasteiger partial charge in [0, 0.05) is 12.6 Å². The molecule has 2 N–H and O–H groups in total. The average Bonchev–Trinajstić information content (AvgIpc) is 2.70. The first kappa shape index (κ1) is 12.3. The van der Waals surface area contributed by atoms with Crippen molar-refractivity contribution in [2.75, 3.05) is 11.9 Å². The molecule has 1 aromatic heterocycles. The molecule has 1 aromatic carbocycles. The van der Waals surface area contributed by atoms with Crippen molar-refractivity contribution in [2.45, 2.75) is 26.3 Å². The van der Waals surface area contributed by atoms with E-state index in [9.17, 15) is 0 Å². The molecule has 0 aliphatic rings. The number of nitrogens with one attached hydrogen (secondary N) is 1. The van der Waals surface area contributed by atoms with E-state index in [4.69, 9.17) is 5.11 Å². The van der Waals surface area contributed by atoms with Crippen LogP contribution in [-0.2, 0) is 0 Å². The fourth-order valence-corrected chi connectivity index (χ4v) is 2.73. The second kappa shape index (κ2) is 5.47. The van der Waals surface area contributed by atoms with Gasteiger partial charge in [0.25, 0.3) is 0 Å². The molecule has 0 saturated heterocycles. The molecule has 0 spiro atoms. The smallest absolute Gasteiger partial charge is 0.184 e. The van der Waals surface area contributed by atoms with Gasteiger partial charge in [-0.25, -0.2) is 4.98 Å². The Bertz CT molecular complexity index is 448. The molecule has 1 atom stereocenters. The maximum absolute atomic E-state index is 9.05. The predicted octanol–water partition coefficient (Wildman–Crippen LogP) is 3.12. The van der Waals surface area contributed by atoms with E-state index in [0.29, 0.717) is 5.92 Å². The van der Waals surface area contributed by atoms with E-state index in [2.05, 4.69) is 30.2 Å². The highest BCUT2D eigenvalue weighted by atomic mass is 32.1. The molecule has 92 valence electrons. The van der Waals surface area contributed by atoms with E-state index in [-0.39, 0.29) is 12.6 Å². The van der Waals surface area contributed by atoms with E-state index < -0.39 is 0 Å². The van der Waals surface area contributed by atoms with Gasteiger partial charge in [0.1, 0.15) is 0 Å². The van der Waals surface area contributed by atoms with Gasteiger partial charge in [0.15, 0.2) is 5.13 Å². The fourth-order valence-electron chi connectivity index (χ4n) is 1.80. The van der Waals surface area contributed by atoms with Crippen LogP contribution in [0.2, 0.25) is 0 Å². The van der Waals surface area contributed by atoms with Crippen LogP contribution in [0, 0.1) is 5.92 Å². The van der Waals surface area contributed by atoms with Gasteiger partial charge in [-0.3, -0.25) is 0 Å². The van der Waals surface area contributed by atoms with Crippen molar-refractivity contribution in [3.05, 3.63) is 24.3 Å². The van der Waals surface area contributed by atoms with Crippen LogP contribution in [-0.4, -0.2) is 22.7 Å². The van der Waals surface area contributed by atoms with Crippen molar-refractivity contribution in [2.24, 2.45) is 5.92 Å². The number of para-hydroxylation sites is 1. The minimum absolute atomic E-state index is 0.209. The van der Waals surface area contributed by atoms with E-state index >= 15 is 0 Å². The molecule has 0 bridgehead atoms. The zero-order chi connectivity index (χ0) is 12.3. The van der Waals surface area contributed by atoms with Crippen LogP contribution in [0.4, 0.5) is 5.13 Å². The van der Waals surface area contributed by atoms with E-state index in [1.807, 2.05) is 18.2 Å². The number of aliphatic hydroxyl groups is 1. The summed E-state index contributed by atoms with van der Waals surface area (Å²) in [6.07, 6.45) is 0.758. The van der Waals surface area contributed by atoms with Gasteiger partial charge in [0.05, 0.1) is 10.2 Å². The number of hydrogen-bond donors (Lipinski definition) is 2. The first-order valence-electron chi connectivity index (χ1n) is 5.93. The lowest BCUT2D eigenvalue weighted by Crippen LogP contribution is -2.26. The molecule has 0 aliphatic heterocycles. The topological polar surface area (TPSA) is 45.1 Å². The van der Waals surface area contributed by atoms with E-state index in [1.165, 1.54) is 4.70 Å². The Kier molecular flexibility index (Phi) is 3.97. The summed E-state index contributed by atoms with van der Waals surface area (Å²) in [5.41, 5.74) is 1.03. The Balaban J connectivity index is 2.16. The molecule has 0 saturated carbocycles. The van der Waals surface area contributed by atoms with Crippen molar-refractivity contribution < 1.29 is 5.11 Å². The van der Waals surface area contributed by atoms with Gasteiger partial charge in [-0.2, -0.15) is 0 Å². The second-order valence-electron chi connectivity index (χ2n) is 4.49. The van der Waals surface area contributed by atoms with Crippen LogP contribution in [0.5, 0.6) is 0 Å². The third-order valence-corrected chi connectivity index (χ3v) is 3.82. The summed E-state index contributed by atoms with van der Waals surface area (Å²) in [6.45, 7) is 4.52. The van der Waals surface area contributed by atoms with Crippen LogP contribution in [0.15, 0.2) is 24.3 Å². The molecule has 1 unspecified atom stereocenters. The lowest BCUT2D eigenvalue weighted by molar-refractivity contribution is 0.267. The monoisotopic (exact) mass is 250 g/mol. The van der Waals surface area contributed by atoms with Gasteiger partial charge in [-0.05, 0) is 24.5 Å². The lowest BCUT2D eigenvalue weighted by Gasteiger charge is -2.20.